The molecule has 0 aromatic heterocycles. The van der Waals surface area contributed by atoms with Crippen LogP contribution in [0.2, 0.25) is 0 Å². The highest BCUT2D eigenvalue weighted by atomic mass is 14.7. The first-order chi connectivity index (χ1) is 5.76. The van der Waals surface area contributed by atoms with E-state index in [4.69, 9.17) is 11.5 Å². The molecule has 12 heavy (non-hydrogen) atoms. The van der Waals surface area contributed by atoms with E-state index in [0.29, 0.717) is 12.0 Å². The minimum absolute atomic E-state index is 0.326. The first kappa shape index (κ1) is 11.9. The van der Waals surface area contributed by atoms with E-state index in [1.807, 2.05) is 0 Å². The topological polar surface area (TPSA) is 52.0 Å². The molecule has 4 N–H and O–H groups in total. The van der Waals surface area contributed by atoms with Crippen molar-refractivity contribution in [2.24, 2.45) is 17.4 Å². The summed E-state index contributed by atoms with van der Waals surface area (Å²) in [6.07, 6.45) is 6.00. The van der Waals surface area contributed by atoms with E-state index < -0.39 is 0 Å². The molecule has 0 bridgehead atoms. The summed E-state index contributed by atoms with van der Waals surface area (Å²) in [4.78, 5) is 0. The van der Waals surface area contributed by atoms with Crippen LogP contribution in [0.1, 0.15) is 46.0 Å². The number of nitrogens with two attached hydrogens (primary N) is 2. The van der Waals surface area contributed by atoms with Gasteiger partial charge in [0.2, 0.25) is 0 Å². The third-order valence-corrected chi connectivity index (χ3v) is 2.46. The number of hydrogen-bond acceptors (Lipinski definition) is 2. The van der Waals surface area contributed by atoms with E-state index >= 15 is 0 Å². The van der Waals surface area contributed by atoms with Crippen LogP contribution in [0.3, 0.4) is 0 Å². The Kier molecular flexibility index (Phi) is 7.51. The molecule has 0 aromatic carbocycles. The van der Waals surface area contributed by atoms with Gasteiger partial charge in [0.25, 0.3) is 0 Å². The van der Waals surface area contributed by atoms with Crippen molar-refractivity contribution in [1.82, 2.24) is 0 Å². The Balaban J connectivity index is 3.62. The predicted molar refractivity (Wildman–Crippen MR) is 55.0 cm³/mol. The van der Waals surface area contributed by atoms with Crippen molar-refractivity contribution in [3.63, 3.8) is 0 Å². The normalized spacial score (nSPS) is 16.0. The molecule has 0 spiro atoms. The zero-order chi connectivity index (χ0) is 9.40. The Bertz CT molecular complexity index is 93.8. The summed E-state index contributed by atoms with van der Waals surface area (Å²) >= 11 is 0. The lowest BCUT2D eigenvalue weighted by Gasteiger charge is -2.21. The first-order valence-corrected chi connectivity index (χ1v) is 5.21. The van der Waals surface area contributed by atoms with Gasteiger partial charge in [-0.1, -0.05) is 33.1 Å². The minimum atomic E-state index is 0.326. The smallest absolute Gasteiger partial charge is 0.00791 e. The van der Waals surface area contributed by atoms with Crippen LogP contribution >= 0.6 is 0 Å². The highest BCUT2D eigenvalue weighted by Gasteiger charge is 2.14. The Morgan fingerprint density at radius 1 is 1.08 bits per heavy atom. The molecule has 0 radical (unpaired) electrons. The van der Waals surface area contributed by atoms with Crippen LogP contribution in [0.4, 0.5) is 0 Å². The standard InChI is InChI=1S/C10H24N2/c1-3-5-7-9(8-11)10(12)6-4-2/h9-10H,3-8,11-12H2,1-2H3. The molecule has 0 aliphatic carbocycles. The number of hydrogen-bond donors (Lipinski definition) is 2. The monoisotopic (exact) mass is 172 g/mol. The fourth-order valence-electron chi connectivity index (χ4n) is 1.54. The van der Waals surface area contributed by atoms with E-state index in [1.165, 1.54) is 25.7 Å². The lowest BCUT2D eigenvalue weighted by atomic mass is 9.92. The Morgan fingerprint density at radius 3 is 2.17 bits per heavy atom. The van der Waals surface area contributed by atoms with E-state index in [0.717, 1.165) is 13.0 Å². The molecule has 2 unspecified atom stereocenters. The minimum Gasteiger partial charge on any atom is -0.330 e. The van der Waals surface area contributed by atoms with Gasteiger partial charge < -0.3 is 11.5 Å². The van der Waals surface area contributed by atoms with Gasteiger partial charge in [-0.2, -0.15) is 0 Å². The van der Waals surface area contributed by atoms with Gasteiger partial charge in [-0.3, -0.25) is 0 Å². The molecular formula is C10H24N2. The van der Waals surface area contributed by atoms with Crippen molar-refractivity contribution in [1.29, 1.82) is 0 Å². The molecule has 0 amide bonds. The van der Waals surface area contributed by atoms with Crippen LogP contribution in [0.5, 0.6) is 0 Å². The van der Waals surface area contributed by atoms with Crippen molar-refractivity contribution < 1.29 is 0 Å². The fraction of sp³-hybridized carbons (Fsp3) is 1.00. The van der Waals surface area contributed by atoms with Crippen LogP contribution in [-0.2, 0) is 0 Å². The van der Waals surface area contributed by atoms with E-state index in [2.05, 4.69) is 13.8 Å². The van der Waals surface area contributed by atoms with Gasteiger partial charge in [0, 0.05) is 6.04 Å². The summed E-state index contributed by atoms with van der Waals surface area (Å²) in [5, 5.41) is 0. The highest BCUT2D eigenvalue weighted by molar-refractivity contribution is 4.73. The van der Waals surface area contributed by atoms with Crippen LogP contribution in [-0.4, -0.2) is 12.6 Å². The molecule has 0 aliphatic rings. The second kappa shape index (κ2) is 7.56. The van der Waals surface area contributed by atoms with Gasteiger partial charge in [0.15, 0.2) is 0 Å². The van der Waals surface area contributed by atoms with Crippen molar-refractivity contribution in [2.45, 2.75) is 52.0 Å². The van der Waals surface area contributed by atoms with Crippen LogP contribution < -0.4 is 11.5 Å². The van der Waals surface area contributed by atoms with Gasteiger partial charge in [0.05, 0.1) is 0 Å². The number of rotatable bonds is 7. The maximum Gasteiger partial charge on any atom is 0.00791 e. The van der Waals surface area contributed by atoms with Gasteiger partial charge >= 0.3 is 0 Å². The molecule has 2 atom stereocenters. The summed E-state index contributed by atoms with van der Waals surface area (Å²) in [7, 11) is 0. The van der Waals surface area contributed by atoms with Gasteiger partial charge in [-0.05, 0) is 25.3 Å². The average Bonchev–Trinajstić information content (AvgIpc) is 2.06. The Hall–Kier alpha value is -0.0800. The van der Waals surface area contributed by atoms with Crippen LogP contribution in [0.25, 0.3) is 0 Å². The molecule has 0 saturated carbocycles. The van der Waals surface area contributed by atoms with Crippen LogP contribution in [0.15, 0.2) is 0 Å². The molecule has 2 heteroatoms. The molecule has 74 valence electrons. The zero-order valence-electron chi connectivity index (χ0n) is 8.55. The third kappa shape index (κ3) is 4.73. The van der Waals surface area contributed by atoms with E-state index in [9.17, 15) is 0 Å². The average molecular weight is 172 g/mol. The van der Waals surface area contributed by atoms with Crippen molar-refractivity contribution >= 4 is 0 Å². The molecule has 2 nitrogen and oxygen atoms in total. The number of unbranched alkanes of at least 4 members (excludes halogenated alkanes) is 1. The van der Waals surface area contributed by atoms with E-state index in [1.54, 1.807) is 0 Å². The Morgan fingerprint density at radius 2 is 1.75 bits per heavy atom. The second-order valence-corrected chi connectivity index (χ2v) is 3.59. The first-order valence-electron chi connectivity index (χ1n) is 5.21. The molecular weight excluding hydrogens is 148 g/mol. The maximum atomic E-state index is 6.00. The molecule has 0 aromatic rings. The molecule has 0 rings (SSSR count). The summed E-state index contributed by atoms with van der Waals surface area (Å²) < 4.78 is 0. The Labute approximate surface area is 76.7 Å². The summed E-state index contributed by atoms with van der Waals surface area (Å²) in [6, 6.07) is 0.326. The third-order valence-electron chi connectivity index (χ3n) is 2.46. The summed E-state index contributed by atoms with van der Waals surface area (Å²) in [6.45, 7) is 5.13. The van der Waals surface area contributed by atoms with Crippen molar-refractivity contribution in [3.05, 3.63) is 0 Å². The predicted octanol–water partition coefficient (Wildman–Crippen LogP) is 1.88. The highest BCUT2D eigenvalue weighted by Crippen LogP contribution is 2.13. The lowest BCUT2D eigenvalue weighted by molar-refractivity contribution is 0.371. The van der Waals surface area contributed by atoms with Crippen molar-refractivity contribution in [2.75, 3.05) is 6.54 Å². The molecule has 0 saturated heterocycles. The largest absolute Gasteiger partial charge is 0.330 e. The summed E-state index contributed by atoms with van der Waals surface area (Å²) in [5.74, 6) is 0.546. The van der Waals surface area contributed by atoms with Crippen molar-refractivity contribution in [3.8, 4) is 0 Å². The SMILES string of the molecule is CCCCC(CN)C(N)CCC. The zero-order valence-corrected chi connectivity index (χ0v) is 8.55. The maximum absolute atomic E-state index is 6.00. The quantitative estimate of drug-likeness (QED) is 0.616. The molecule has 0 aliphatic heterocycles. The van der Waals surface area contributed by atoms with E-state index in [-0.39, 0.29) is 0 Å². The van der Waals surface area contributed by atoms with Gasteiger partial charge in [0.1, 0.15) is 0 Å². The fourth-order valence-corrected chi connectivity index (χ4v) is 1.54. The second-order valence-electron chi connectivity index (χ2n) is 3.59. The summed E-state index contributed by atoms with van der Waals surface area (Å²) in [5.41, 5.74) is 11.7. The van der Waals surface area contributed by atoms with Crippen LogP contribution in [0, 0.1) is 5.92 Å². The molecule has 0 heterocycles. The molecule has 0 fully saturated rings. The van der Waals surface area contributed by atoms with Gasteiger partial charge in [-0.25, -0.2) is 0 Å². The van der Waals surface area contributed by atoms with Gasteiger partial charge in [-0.15, -0.1) is 0 Å². The lowest BCUT2D eigenvalue weighted by Crippen LogP contribution is -2.34.